The minimum Gasteiger partial charge on any atom is -0.311 e. The van der Waals surface area contributed by atoms with Gasteiger partial charge >= 0.3 is 0 Å². The number of nitrogens with one attached hydrogen (secondary N) is 1. The number of nitrogens with zero attached hydrogens (tertiary/aromatic N) is 2. The summed E-state index contributed by atoms with van der Waals surface area (Å²) in [5, 5.41) is 7.96. The van der Waals surface area contributed by atoms with E-state index >= 15 is 0 Å². The van der Waals surface area contributed by atoms with Crippen molar-refractivity contribution >= 4 is 0 Å². The predicted octanol–water partition coefficient (Wildman–Crippen LogP) is 3.18. The molecule has 0 bridgehead atoms. The third-order valence-corrected chi connectivity index (χ3v) is 4.29. The predicted molar refractivity (Wildman–Crippen MR) is 77.3 cm³/mol. The summed E-state index contributed by atoms with van der Waals surface area (Å²) in [6.07, 6.45) is 3.17. The van der Waals surface area contributed by atoms with Gasteiger partial charge in [0.15, 0.2) is 0 Å². The Bertz CT molecular complexity index is 556. The molecule has 0 amide bonds. The second-order valence-corrected chi connectivity index (χ2v) is 6.07. The molecule has 0 saturated heterocycles. The zero-order valence-electron chi connectivity index (χ0n) is 11.8. The molecule has 3 heteroatoms. The van der Waals surface area contributed by atoms with Crippen molar-refractivity contribution in [1.82, 2.24) is 15.1 Å². The van der Waals surface area contributed by atoms with E-state index in [2.05, 4.69) is 59.3 Å². The summed E-state index contributed by atoms with van der Waals surface area (Å²) in [6, 6.07) is 12.8. The molecule has 1 aromatic heterocycles. The SMILES string of the molecule is CNC(c1ccnn1-c1ccccc1)C1CC1(C)C. The lowest BCUT2D eigenvalue weighted by Crippen LogP contribution is -2.23. The van der Waals surface area contributed by atoms with Crippen LogP contribution < -0.4 is 5.32 Å². The highest BCUT2D eigenvalue weighted by Crippen LogP contribution is 2.57. The monoisotopic (exact) mass is 255 g/mol. The van der Waals surface area contributed by atoms with Crippen LogP contribution in [0, 0.1) is 11.3 Å². The minimum absolute atomic E-state index is 0.373. The Balaban J connectivity index is 1.96. The van der Waals surface area contributed by atoms with E-state index in [1.807, 2.05) is 19.3 Å². The van der Waals surface area contributed by atoms with Crippen molar-refractivity contribution in [3.05, 3.63) is 48.3 Å². The maximum absolute atomic E-state index is 4.49. The zero-order chi connectivity index (χ0) is 13.5. The Hall–Kier alpha value is -1.61. The Kier molecular flexibility index (Phi) is 2.94. The molecule has 3 rings (SSSR count). The van der Waals surface area contributed by atoms with Gasteiger partial charge in [-0.2, -0.15) is 5.10 Å². The van der Waals surface area contributed by atoms with Gasteiger partial charge in [-0.15, -0.1) is 0 Å². The number of hydrogen-bond acceptors (Lipinski definition) is 2. The van der Waals surface area contributed by atoms with Crippen LogP contribution >= 0.6 is 0 Å². The molecular formula is C16H21N3. The van der Waals surface area contributed by atoms with Crippen molar-refractivity contribution in [3.63, 3.8) is 0 Å². The third-order valence-electron chi connectivity index (χ3n) is 4.29. The van der Waals surface area contributed by atoms with E-state index in [0.29, 0.717) is 17.4 Å². The molecule has 1 aliphatic rings. The summed E-state index contributed by atoms with van der Waals surface area (Å²) >= 11 is 0. The van der Waals surface area contributed by atoms with Gasteiger partial charge in [0.25, 0.3) is 0 Å². The summed E-state index contributed by atoms with van der Waals surface area (Å²) < 4.78 is 2.05. The molecule has 3 nitrogen and oxygen atoms in total. The maximum atomic E-state index is 4.49. The van der Waals surface area contributed by atoms with E-state index in [4.69, 9.17) is 0 Å². The molecule has 2 atom stereocenters. The first-order chi connectivity index (χ1) is 9.13. The highest BCUT2D eigenvalue weighted by Gasteiger charge is 2.50. The fraction of sp³-hybridized carbons (Fsp3) is 0.438. The van der Waals surface area contributed by atoms with Crippen LogP contribution in [0.4, 0.5) is 0 Å². The van der Waals surface area contributed by atoms with Crippen LogP contribution in [0.5, 0.6) is 0 Å². The van der Waals surface area contributed by atoms with Crippen LogP contribution in [-0.4, -0.2) is 16.8 Å². The molecule has 1 aromatic carbocycles. The van der Waals surface area contributed by atoms with Gasteiger partial charge in [0.05, 0.1) is 17.4 Å². The van der Waals surface area contributed by atoms with Gasteiger partial charge in [0.2, 0.25) is 0 Å². The Labute approximate surface area is 114 Å². The van der Waals surface area contributed by atoms with Gasteiger partial charge in [-0.3, -0.25) is 0 Å². The van der Waals surface area contributed by atoms with Crippen LogP contribution in [0.25, 0.3) is 5.69 Å². The van der Waals surface area contributed by atoms with E-state index in [1.54, 1.807) is 0 Å². The van der Waals surface area contributed by atoms with Crippen LogP contribution in [0.3, 0.4) is 0 Å². The highest BCUT2D eigenvalue weighted by atomic mass is 15.3. The van der Waals surface area contributed by atoms with Gasteiger partial charge in [0.1, 0.15) is 0 Å². The van der Waals surface area contributed by atoms with Gasteiger partial charge in [-0.05, 0) is 43.0 Å². The minimum atomic E-state index is 0.373. The van der Waals surface area contributed by atoms with Crippen molar-refractivity contribution in [2.24, 2.45) is 11.3 Å². The topological polar surface area (TPSA) is 29.9 Å². The highest BCUT2D eigenvalue weighted by molar-refractivity contribution is 5.33. The number of aromatic nitrogens is 2. The van der Waals surface area contributed by atoms with Crippen molar-refractivity contribution < 1.29 is 0 Å². The van der Waals surface area contributed by atoms with Gasteiger partial charge in [0, 0.05) is 6.20 Å². The molecule has 1 saturated carbocycles. The smallest absolute Gasteiger partial charge is 0.0649 e. The molecule has 1 heterocycles. The van der Waals surface area contributed by atoms with Gasteiger partial charge < -0.3 is 5.32 Å². The van der Waals surface area contributed by atoms with Crippen LogP contribution in [-0.2, 0) is 0 Å². The lowest BCUT2D eigenvalue weighted by atomic mass is 10.0. The lowest BCUT2D eigenvalue weighted by Gasteiger charge is -2.19. The molecule has 19 heavy (non-hydrogen) atoms. The first kappa shape index (κ1) is 12.4. The quantitative estimate of drug-likeness (QED) is 0.909. The molecule has 1 N–H and O–H groups in total. The molecule has 100 valence electrons. The van der Waals surface area contributed by atoms with E-state index in [0.717, 1.165) is 5.69 Å². The molecule has 2 aromatic rings. The van der Waals surface area contributed by atoms with Crippen molar-refractivity contribution in [2.45, 2.75) is 26.3 Å². The summed E-state index contributed by atoms with van der Waals surface area (Å²) in [6.45, 7) is 4.68. The second kappa shape index (κ2) is 4.49. The molecule has 1 fully saturated rings. The van der Waals surface area contributed by atoms with Crippen LogP contribution in [0.15, 0.2) is 42.6 Å². The zero-order valence-corrected chi connectivity index (χ0v) is 11.8. The van der Waals surface area contributed by atoms with E-state index in [9.17, 15) is 0 Å². The average Bonchev–Trinajstić information content (AvgIpc) is 2.85. The van der Waals surface area contributed by atoms with E-state index in [-0.39, 0.29) is 0 Å². The molecule has 1 aliphatic carbocycles. The molecular weight excluding hydrogens is 234 g/mol. The molecule has 0 aliphatic heterocycles. The summed E-state index contributed by atoms with van der Waals surface area (Å²) in [4.78, 5) is 0. The Morgan fingerprint density at radius 1 is 1.26 bits per heavy atom. The number of benzene rings is 1. The van der Waals surface area contributed by atoms with E-state index in [1.165, 1.54) is 12.1 Å². The van der Waals surface area contributed by atoms with Gasteiger partial charge in [-0.25, -0.2) is 4.68 Å². The first-order valence-corrected chi connectivity index (χ1v) is 6.90. The van der Waals surface area contributed by atoms with Crippen molar-refractivity contribution in [2.75, 3.05) is 7.05 Å². The third kappa shape index (κ3) is 2.19. The van der Waals surface area contributed by atoms with Crippen molar-refractivity contribution in [1.29, 1.82) is 0 Å². The molecule has 0 radical (unpaired) electrons. The summed E-state index contributed by atoms with van der Waals surface area (Å²) in [7, 11) is 2.04. The first-order valence-electron chi connectivity index (χ1n) is 6.90. The maximum Gasteiger partial charge on any atom is 0.0649 e. The standard InChI is InChI=1S/C16H21N3/c1-16(2)11-13(16)15(17-3)14-9-10-18-19(14)12-7-5-4-6-8-12/h4-10,13,15,17H,11H2,1-3H3. The fourth-order valence-electron chi connectivity index (χ4n) is 2.97. The lowest BCUT2D eigenvalue weighted by molar-refractivity contribution is 0.426. The van der Waals surface area contributed by atoms with Crippen molar-refractivity contribution in [3.8, 4) is 5.69 Å². The molecule has 2 unspecified atom stereocenters. The number of hydrogen-bond donors (Lipinski definition) is 1. The van der Waals surface area contributed by atoms with Crippen LogP contribution in [0.2, 0.25) is 0 Å². The Morgan fingerprint density at radius 3 is 2.53 bits per heavy atom. The van der Waals surface area contributed by atoms with Gasteiger partial charge in [-0.1, -0.05) is 32.0 Å². The summed E-state index contributed by atoms with van der Waals surface area (Å²) in [5.74, 6) is 0.691. The second-order valence-electron chi connectivity index (χ2n) is 6.07. The fourth-order valence-corrected chi connectivity index (χ4v) is 2.97. The normalized spacial score (nSPS) is 22.2. The number of rotatable bonds is 4. The number of para-hydroxylation sites is 1. The summed E-state index contributed by atoms with van der Waals surface area (Å²) in [5.41, 5.74) is 2.82. The molecule has 0 spiro atoms. The Morgan fingerprint density at radius 2 is 1.95 bits per heavy atom. The average molecular weight is 255 g/mol. The van der Waals surface area contributed by atoms with E-state index < -0.39 is 0 Å². The van der Waals surface area contributed by atoms with Crippen LogP contribution in [0.1, 0.15) is 32.0 Å². The largest absolute Gasteiger partial charge is 0.311 e.